The van der Waals surface area contributed by atoms with Gasteiger partial charge in [-0.3, -0.25) is 9.59 Å². The maximum absolute atomic E-state index is 13.2. The molecule has 4 rings (SSSR count). The van der Waals surface area contributed by atoms with E-state index in [-0.39, 0.29) is 23.5 Å². The Bertz CT molecular complexity index is 823. The van der Waals surface area contributed by atoms with Gasteiger partial charge in [-0.25, -0.2) is 0 Å². The summed E-state index contributed by atoms with van der Waals surface area (Å²) in [5, 5.41) is 0. The Hall–Kier alpha value is -2.10. The number of carbonyl (C=O) groups excluding carboxylic acids is 2. The van der Waals surface area contributed by atoms with Gasteiger partial charge in [0.25, 0.3) is 0 Å². The van der Waals surface area contributed by atoms with E-state index in [2.05, 4.69) is 12.1 Å². The molecule has 3 aliphatic carbocycles. The smallest absolute Gasteiger partial charge is 0.226 e. The average Bonchev–Trinajstić information content (AvgIpc) is 3.10. The van der Waals surface area contributed by atoms with Gasteiger partial charge >= 0.3 is 0 Å². The van der Waals surface area contributed by atoms with E-state index in [1.165, 1.54) is 16.7 Å². The molecule has 3 aliphatic rings. The van der Waals surface area contributed by atoms with Crippen LogP contribution in [0.4, 0.5) is 0 Å². The number of methoxy groups -OCH3 is 1. The van der Waals surface area contributed by atoms with Crippen molar-refractivity contribution in [2.75, 3.05) is 21.2 Å². The molecule has 144 valence electrons. The van der Waals surface area contributed by atoms with Crippen LogP contribution in [-0.2, 0) is 16.0 Å². The molecule has 1 aromatic carbocycles. The van der Waals surface area contributed by atoms with E-state index in [1.54, 1.807) is 18.9 Å². The minimum Gasteiger partial charge on any atom is -0.497 e. The Labute approximate surface area is 161 Å². The molecule has 0 saturated heterocycles. The summed E-state index contributed by atoms with van der Waals surface area (Å²) in [5.74, 6) is 2.27. The monoisotopic (exact) mass is 367 g/mol. The molecule has 0 heterocycles. The first kappa shape index (κ1) is 18.3. The van der Waals surface area contributed by atoms with E-state index in [4.69, 9.17) is 4.74 Å². The Morgan fingerprint density at radius 1 is 1.15 bits per heavy atom. The number of allylic oxidation sites excluding steroid dienone is 2. The predicted molar refractivity (Wildman–Crippen MR) is 105 cm³/mol. The molecular weight excluding hydrogens is 338 g/mol. The Morgan fingerprint density at radius 3 is 2.59 bits per heavy atom. The van der Waals surface area contributed by atoms with Crippen molar-refractivity contribution in [2.45, 2.75) is 44.9 Å². The summed E-state index contributed by atoms with van der Waals surface area (Å²) < 4.78 is 5.49. The molecule has 1 saturated carbocycles. The van der Waals surface area contributed by atoms with Gasteiger partial charge in [-0.2, -0.15) is 0 Å². The number of Topliss-reactive ketones (excluding diaryl/α,β-unsaturated/α-hetero) is 1. The highest BCUT2D eigenvalue weighted by molar-refractivity contribution is 5.95. The third kappa shape index (κ3) is 2.90. The first-order chi connectivity index (χ1) is 12.9. The van der Waals surface area contributed by atoms with Crippen LogP contribution in [0.25, 0.3) is 0 Å². The fourth-order valence-electron chi connectivity index (χ4n) is 5.88. The van der Waals surface area contributed by atoms with Gasteiger partial charge in [0, 0.05) is 20.0 Å². The quantitative estimate of drug-likeness (QED) is 0.817. The lowest BCUT2D eigenvalue weighted by atomic mass is 9.57. The van der Waals surface area contributed by atoms with Crippen LogP contribution >= 0.6 is 0 Å². The van der Waals surface area contributed by atoms with Crippen LogP contribution in [0.2, 0.25) is 0 Å². The summed E-state index contributed by atoms with van der Waals surface area (Å²) in [6.07, 6.45) is 4.82. The van der Waals surface area contributed by atoms with E-state index in [9.17, 15) is 9.59 Å². The zero-order chi connectivity index (χ0) is 19.3. The highest BCUT2D eigenvalue weighted by Crippen LogP contribution is 2.57. The number of benzene rings is 1. The van der Waals surface area contributed by atoms with Gasteiger partial charge in [-0.15, -0.1) is 0 Å². The van der Waals surface area contributed by atoms with Gasteiger partial charge in [0.15, 0.2) is 5.78 Å². The summed E-state index contributed by atoms with van der Waals surface area (Å²) in [7, 11) is 5.38. The fraction of sp³-hybridized carbons (Fsp3) is 0.565. The summed E-state index contributed by atoms with van der Waals surface area (Å²) in [4.78, 5) is 27.1. The molecule has 0 aromatic heterocycles. The molecular formula is C23H29NO3. The van der Waals surface area contributed by atoms with Crippen LogP contribution in [0, 0.1) is 17.8 Å². The molecule has 1 fully saturated rings. The van der Waals surface area contributed by atoms with Crippen LogP contribution in [-0.4, -0.2) is 37.8 Å². The number of aryl methyl sites for hydroxylation is 1. The first-order valence-corrected chi connectivity index (χ1v) is 10.0. The highest BCUT2D eigenvalue weighted by atomic mass is 16.5. The zero-order valence-electron chi connectivity index (χ0n) is 16.7. The van der Waals surface area contributed by atoms with Crippen molar-refractivity contribution >= 4 is 11.7 Å². The second kappa shape index (κ2) is 6.81. The summed E-state index contributed by atoms with van der Waals surface area (Å²) in [6, 6.07) is 6.35. The van der Waals surface area contributed by atoms with Gasteiger partial charge in [0.2, 0.25) is 5.91 Å². The van der Waals surface area contributed by atoms with E-state index >= 15 is 0 Å². The largest absolute Gasteiger partial charge is 0.497 e. The van der Waals surface area contributed by atoms with Crippen LogP contribution in [0.1, 0.15) is 49.7 Å². The van der Waals surface area contributed by atoms with Crippen molar-refractivity contribution in [3.8, 4) is 5.75 Å². The number of ether oxygens (including phenoxy) is 1. The summed E-state index contributed by atoms with van der Waals surface area (Å²) in [6.45, 7) is 1.68. The molecule has 27 heavy (non-hydrogen) atoms. The van der Waals surface area contributed by atoms with Crippen molar-refractivity contribution in [3.05, 3.63) is 40.5 Å². The molecule has 4 heteroatoms. The molecule has 4 nitrogen and oxygen atoms in total. The number of hydrogen-bond donors (Lipinski definition) is 0. The zero-order valence-corrected chi connectivity index (χ0v) is 16.7. The number of rotatable bonds is 3. The van der Waals surface area contributed by atoms with Crippen molar-refractivity contribution in [3.63, 3.8) is 0 Å². The number of hydrogen-bond acceptors (Lipinski definition) is 3. The molecule has 0 N–H and O–H groups in total. The maximum atomic E-state index is 13.2. The molecule has 0 unspecified atom stereocenters. The van der Waals surface area contributed by atoms with Gasteiger partial charge in [0.05, 0.1) is 7.11 Å². The summed E-state index contributed by atoms with van der Waals surface area (Å²) >= 11 is 0. The van der Waals surface area contributed by atoms with E-state index < -0.39 is 0 Å². The molecule has 0 bridgehead atoms. The standard InChI is InChI=1S/C23H29NO3/c1-13(25)16-9-10-17-18-8-6-14-5-7-15(27-4)11-19(14)22(18)21(12-20(16)17)23(26)24(2)3/h5,7,11,17-18,21-22H,6,8-10,12H2,1-4H3/t17-,18-,21-,22-/m0/s1. The number of nitrogens with zero attached hydrogens (tertiary/aromatic N) is 1. The van der Waals surface area contributed by atoms with Crippen molar-refractivity contribution in [2.24, 2.45) is 17.8 Å². The number of amides is 1. The third-order valence-electron chi connectivity index (χ3n) is 7.03. The number of carbonyl (C=O) groups is 2. The molecule has 4 atom stereocenters. The molecule has 0 aliphatic heterocycles. The molecule has 1 amide bonds. The van der Waals surface area contributed by atoms with E-state index in [0.29, 0.717) is 11.8 Å². The maximum Gasteiger partial charge on any atom is 0.226 e. The minimum absolute atomic E-state index is 0.0881. The number of fused-ring (bicyclic) bond motifs is 5. The number of ketones is 1. The average molecular weight is 367 g/mol. The van der Waals surface area contributed by atoms with Crippen LogP contribution in [0.5, 0.6) is 5.75 Å². The van der Waals surface area contributed by atoms with Gasteiger partial charge in [0.1, 0.15) is 5.75 Å². The Balaban J connectivity index is 1.83. The lowest BCUT2D eigenvalue weighted by molar-refractivity contribution is -0.135. The molecule has 1 aromatic rings. The normalized spacial score (nSPS) is 28.9. The second-order valence-electron chi connectivity index (χ2n) is 8.54. The SMILES string of the molecule is COc1ccc2c(c1)[C@@H]1[C@@H](CC2)[C@@H]2CCC(C(C)=O)=C2C[C@@H]1C(=O)N(C)C. The summed E-state index contributed by atoms with van der Waals surface area (Å²) in [5.41, 5.74) is 4.94. The molecule has 0 spiro atoms. The van der Waals surface area contributed by atoms with Crippen LogP contribution in [0.3, 0.4) is 0 Å². The van der Waals surface area contributed by atoms with Crippen molar-refractivity contribution in [1.82, 2.24) is 4.90 Å². The Morgan fingerprint density at radius 2 is 1.93 bits per heavy atom. The lowest BCUT2D eigenvalue weighted by Crippen LogP contribution is -2.43. The minimum atomic E-state index is -0.0881. The topological polar surface area (TPSA) is 46.6 Å². The molecule has 0 radical (unpaired) electrons. The van der Waals surface area contributed by atoms with Gasteiger partial charge in [-0.05, 0) is 85.6 Å². The fourth-order valence-corrected chi connectivity index (χ4v) is 5.88. The van der Waals surface area contributed by atoms with Crippen molar-refractivity contribution < 1.29 is 14.3 Å². The van der Waals surface area contributed by atoms with Gasteiger partial charge in [-0.1, -0.05) is 11.6 Å². The van der Waals surface area contributed by atoms with Crippen LogP contribution in [0.15, 0.2) is 29.3 Å². The van der Waals surface area contributed by atoms with Gasteiger partial charge < -0.3 is 9.64 Å². The van der Waals surface area contributed by atoms with E-state index in [0.717, 1.165) is 43.4 Å². The first-order valence-electron chi connectivity index (χ1n) is 10.0. The Kier molecular flexibility index (Phi) is 4.61. The van der Waals surface area contributed by atoms with E-state index in [1.807, 2.05) is 20.2 Å². The lowest BCUT2D eigenvalue weighted by Gasteiger charge is -2.47. The third-order valence-corrected chi connectivity index (χ3v) is 7.03. The van der Waals surface area contributed by atoms with Crippen LogP contribution < -0.4 is 4.74 Å². The second-order valence-corrected chi connectivity index (χ2v) is 8.54. The predicted octanol–water partition coefficient (Wildman–Crippen LogP) is 3.74. The highest BCUT2D eigenvalue weighted by Gasteiger charge is 2.50. The van der Waals surface area contributed by atoms with Crippen molar-refractivity contribution in [1.29, 1.82) is 0 Å².